The smallest absolute Gasteiger partial charge is 0.288 e. The van der Waals surface area contributed by atoms with E-state index in [1.54, 1.807) is 37.3 Å². The van der Waals surface area contributed by atoms with E-state index in [2.05, 4.69) is 15.0 Å². The third-order valence-corrected chi connectivity index (χ3v) is 4.61. The average molecular weight is 406 g/mol. The van der Waals surface area contributed by atoms with Crippen molar-refractivity contribution in [3.8, 4) is 16.7 Å². The van der Waals surface area contributed by atoms with E-state index in [0.717, 1.165) is 10.2 Å². The highest BCUT2D eigenvalue weighted by molar-refractivity contribution is 7.20. The van der Waals surface area contributed by atoms with Crippen LogP contribution in [0.4, 0.5) is 0 Å². The highest BCUT2D eigenvalue weighted by Gasteiger charge is 2.16. The van der Waals surface area contributed by atoms with Crippen LogP contribution in [-0.4, -0.2) is 30.1 Å². The number of amidine groups is 1. The Morgan fingerprint density at radius 2 is 1.93 bits per heavy atom. The van der Waals surface area contributed by atoms with Crippen LogP contribution in [0, 0.1) is 5.41 Å². The summed E-state index contributed by atoms with van der Waals surface area (Å²) in [5, 5.41) is 10.7. The predicted octanol–water partition coefficient (Wildman–Crippen LogP) is 4.21. The van der Waals surface area contributed by atoms with E-state index in [0.29, 0.717) is 21.7 Å². The van der Waals surface area contributed by atoms with Crippen LogP contribution in [-0.2, 0) is 9.53 Å². The molecule has 0 bridgehead atoms. The van der Waals surface area contributed by atoms with E-state index in [9.17, 15) is 4.79 Å². The van der Waals surface area contributed by atoms with Gasteiger partial charge in [0, 0.05) is 5.02 Å². The van der Waals surface area contributed by atoms with Crippen molar-refractivity contribution in [3.63, 3.8) is 0 Å². The molecule has 1 unspecified atom stereocenters. The normalized spacial score (nSPS) is 11.7. The van der Waals surface area contributed by atoms with Crippen LogP contribution >= 0.6 is 22.9 Å². The summed E-state index contributed by atoms with van der Waals surface area (Å²) in [6, 6.07) is 11.9. The van der Waals surface area contributed by atoms with E-state index in [-0.39, 0.29) is 6.02 Å². The molecule has 0 spiro atoms. The molecule has 0 radical (unpaired) electrons. The van der Waals surface area contributed by atoms with Crippen LogP contribution < -0.4 is 14.8 Å². The first kappa shape index (κ1) is 18.9. The van der Waals surface area contributed by atoms with Gasteiger partial charge in [-0.05, 0) is 49.4 Å². The minimum absolute atomic E-state index is 0.337. The van der Waals surface area contributed by atoms with E-state index >= 15 is 0 Å². The van der Waals surface area contributed by atoms with Gasteiger partial charge in [-0.15, -0.1) is 0 Å². The molecular formula is C18H16ClN3O4S. The first-order chi connectivity index (χ1) is 12.9. The molecule has 0 saturated carbocycles. The van der Waals surface area contributed by atoms with Crippen LogP contribution in [0.15, 0.2) is 42.5 Å². The molecule has 7 nitrogen and oxygen atoms in total. The van der Waals surface area contributed by atoms with Gasteiger partial charge in [-0.25, -0.2) is 4.98 Å². The summed E-state index contributed by atoms with van der Waals surface area (Å²) >= 11 is 7.38. The molecule has 9 heteroatoms. The fourth-order valence-electron chi connectivity index (χ4n) is 2.13. The van der Waals surface area contributed by atoms with E-state index in [1.165, 1.54) is 18.4 Å². The number of rotatable bonds is 5. The maximum Gasteiger partial charge on any atom is 0.288 e. The van der Waals surface area contributed by atoms with Gasteiger partial charge in [0.25, 0.3) is 17.1 Å². The highest BCUT2D eigenvalue weighted by Crippen LogP contribution is 2.33. The Kier molecular flexibility index (Phi) is 5.78. The second-order valence-corrected chi connectivity index (χ2v) is 6.88. The number of carbonyl (C=O) groups excluding carboxylic acids is 1. The molecule has 3 aromatic rings. The molecule has 1 atom stereocenters. The van der Waals surface area contributed by atoms with Gasteiger partial charge in [0.05, 0.1) is 17.3 Å². The number of halogens is 1. The van der Waals surface area contributed by atoms with Crippen LogP contribution in [0.25, 0.3) is 10.2 Å². The van der Waals surface area contributed by atoms with Crippen molar-refractivity contribution in [1.82, 2.24) is 10.3 Å². The molecular weight excluding hydrogens is 390 g/mol. The van der Waals surface area contributed by atoms with E-state index in [1.807, 2.05) is 12.1 Å². The second kappa shape index (κ2) is 8.24. The van der Waals surface area contributed by atoms with Crippen LogP contribution in [0.1, 0.15) is 6.92 Å². The Labute approximate surface area is 164 Å². The number of nitrogens with one attached hydrogen (secondary N) is 2. The Bertz CT molecular complexity index is 974. The zero-order valence-corrected chi connectivity index (χ0v) is 16.1. The van der Waals surface area contributed by atoms with Crippen molar-refractivity contribution < 1.29 is 19.0 Å². The number of ether oxygens (including phenoxy) is 3. The lowest BCUT2D eigenvalue weighted by Gasteiger charge is -2.14. The third kappa shape index (κ3) is 4.87. The van der Waals surface area contributed by atoms with E-state index in [4.69, 9.17) is 26.5 Å². The van der Waals surface area contributed by atoms with Gasteiger partial charge in [-0.1, -0.05) is 22.9 Å². The summed E-state index contributed by atoms with van der Waals surface area (Å²) in [7, 11) is 1.30. The quantitative estimate of drug-likeness (QED) is 0.490. The molecule has 0 aliphatic carbocycles. The fraction of sp³-hybridized carbons (Fsp3) is 0.167. The molecule has 27 heavy (non-hydrogen) atoms. The number of carbonyl (C=O) groups is 1. The summed E-state index contributed by atoms with van der Waals surface area (Å²) in [4.78, 5) is 16.2. The molecule has 1 amide bonds. The predicted molar refractivity (Wildman–Crippen MR) is 104 cm³/mol. The van der Waals surface area contributed by atoms with Gasteiger partial charge in [0.15, 0.2) is 6.10 Å². The number of hydrogen-bond donors (Lipinski definition) is 2. The molecule has 0 fully saturated rings. The highest BCUT2D eigenvalue weighted by atomic mass is 35.5. The second-order valence-electron chi connectivity index (χ2n) is 5.45. The molecule has 0 aliphatic rings. The SMILES string of the molecule is COC(=N)NC(=O)C(C)Oc1ccc(Oc2nc3ccc(Cl)cc3s2)cc1. The lowest BCUT2D eigenvalue weighted by atomic mass is 10.3. The number of aromatic nitrogens is 1. The van der Waals surface area contributed by atoms with E-state index < -0.39 is 12.0 Å². The molecule has 0 saturated heterocycles. The third-order valence-electron chi connectivity index (χ3n) is 3.48. The summed E-state index contributed by atoms with van der Waals surface area (Å²) < 4.78 is 16.8. The minimum atomic E-state index is -0.790. The summed E-state index contributed by atoms with van der Waals surface area (Å²) in [6.45, 7) is 1.58. The maximum atomic E-state index is 11.8. The Morgan fingerprint density at radius 3 is 2.63 bits per heavy atom. The molecule has 1 aromatic heterocycles. The topological polar surface area (TPSA) is 93.5 Å². The van der Waals surface area contributed by atoms with Crippen LogP contribution in [0.3, 0.4) is 0 Å². The molecule has 1 heterocycles. The number of hydrogen-bond acceptors (Lipinski definition) is 7. The zero-order chi connectivity index (χ0) is 19.4. The molecule has 2 N–H and O–H groups in total. The van der Waals surface area contributed by atoms with Gasteiger partial charge < -0.3 is 14.2 Å². The number of nitrogens with zero attached hydrogens (tertiary/aromatic N) is 1. The molecule has 3 rings (SSSR count). The van der Waals surface area contributed by atoms with Crippen LogP contribution in [0.2, 0.25) is 5.02 Å². The first-order valence-corrected chi connectivity index (χ1v) is 9.08. The van der Waals surface area contributed by atoms with Crippen LogP contribution in [0.5, 0.6) is 16.7 Å². The fourth-order valence-corrected chi connectivity index (χ4v) is 3.24. The van der Waals surface area contributed by atoms with Crippen molar-refractivity contribution in [1.29, 1.82) is 5.41 Å². The Morgan fingerprint density at radius 1 is 1.22 bits per heavy atom. The zero-order valence-electron chi connectivity index (χ0n) is 14.5. The number of amides is 1. The summed E-state index contributed by atoms with van der Waals surface area (Å²) in [6.07, 6.45) is -0.790. The number of benzene rings is 2. The van der Waals surface area contributed by atoms with Gasteiger partial charge in [0.2, 0.25) is 0 Å². The molecule has 0 aliphatic heterocycles. The summed E-state index contributed by atoms with van der Waals surface area (Å²) in [5.74, 6) is 0.603. The van der Waals surface area contributed by atoms with Crippen molar-refractivity contribution in [2.75, 3.05) is 7.11 Å². The summed E-state index contributed by atoms with van der Waals surface area (Å²) in [5.41, 5.74) is 0.820. The monoisotopic (exact) mass is 405 g/mol. The van der Waals surface area contributed by atoms with Crippen molar-refractivity contribution in [2.24, 2.45) is 0 Å². The van der Waals surface area contributed by atoms with Crippen molar-refractivity contribution >= 4 is 45.1 Å². The largest absolute Gasteiger partial charge is 0.481 e. The number of methoxy groups -OCH3 is 1. The number of fused-ring (bicyclic) bond motifs is 1. The minimum Gasteiger partial charge on any atom is -0.481 e. The molecule has 140 valence electrons. The van der Waals surface area contributed by atoms with Gasteiger partial charge in [-0.2, -0.15) is 0 Å². The lowest BCUT2D eigenvalue weighted by Crippen LogP contribution is -2.40. The van der Waals surface area contributed by atoms with Gasteiger partial charge in [-0.3, -0.25) is 15.5 Å². The Balaban J connectivity index is 1.62. The van der Waals surface area contributed by atoms with Crippen molar-refractivity contribution in [2.45, 2.75) is 13.0 Å². The maximum absolute atomic E-state index is 11.8. The van der Waals surface area contributed by atoms with Crippen molar-refractivity contribution in [3.05, 3.63) is 47.5 Å². The molecule has 2 aromatic carbocycles. The lowest BCUT2D eigenvalue weighted by molar-refractivity contribution is -0.126. The average Bonchev–Trinajstić information content (AvgIpc) is 3.04. The first-order valence-electron chi connectivity index (χ1n) is 7.88. The Hall–Kier alpha value is -2.84. The van der Waals surface area contributed by atoms with Gasteiger partial charge in [0.1, 0.15) is 11.5 Å². The number of thiazole rings is 1. The van der Waals surface area contributed by atoms with Gasteiger partial charge >= 0.3 is 0 Å². The standard InChI is InChI=1S/C18H16ClN3O4S/c1-10(16(23)22-17(20)24-2)25-12-4-6-13(7-5-12)26-18-21-14-8-3-11(19)9-15(14)27-18/h3-10H,1-2H3,(H2,20,22,23).